The van der Waals surface area contributed by atoms with Gasteiger partial charge in [-0.3, -0.25) is 0 Å². The molecule has 0 fully saturated rings. The van der Waals surface area contributed by atoms with Crippen molar-refractivity contribution >= 4 is 29.5 Å². The normalized spacial score (nSPS) is 12.2. The zero-order valence-corrected chi connectivity index (χ0v) is 20.2. The highest BCUT2D eigenvalue weighted by Gasteiger charge is 2.22. The predicted molar refractivity (Wildman–Crippen MR) is 125 cm³/mol. The van der Waals surface area contributed by atoms with Crippen molar-refractivity contribution in [1.29, 1.82) is 0 Å². The van der Waals surface area contributed by atoms with Crippen LogP contribution in [-0.4, -0.2) is 50.0 Å². The van der Waals surface area contributed by atoms with Gasteiger partial charge in [0.25, 0.3) is 0 Å². The van der Waals surface area contributed by atoms with Crippen molar-refractivity contribution in [3.05, 3.63) is 23.8 Å². The van der Waals surface area contributed by atoms with Crippen molar-refractivity contribution in [3.63, 3.8) is 0 Å². The second kappa shape index (κ2) is 10.4. The molecule has 1 aromatic rings. The van der Waals surface area contributed by atoms with Crippen molar-refractivity contribution in [2.45, 2.75) is 66.2 Å². The summed E-state index contributed by atoms with van der Waals surface area (Å²) in [6.07, 6.45) is -1.25. The van der Waals surface area contributed by atoms with Gasteiger partial charge in [0.05, 0.1) is 11.4 Å². The second-order valence-electron chi connectivity index (χ2n) is 9.23. The van der Waals surface area contributed by atoms with Gasteiger partial charge in [-0.15, -0.1) is 4.99 Å². The largest absolute Gasteiger partial charge is 0.444 e. The van der Waals surface area contributed by atoms with Crippen LogP contribution in [0.1, 0.15) is 54.0 Å². The summed E-state index contributed by atoms with van der Waals surface area (Å²) in [6, 6.07) is 5.65. The van der Waals surface area contributed by atoms with E-state index >= 15 is 0 Å². The molecule has 1 aromatic carbocycles. The summed E-state index contributed by atoms with van der Waals surface area (Å²) in [5.41, 5.74) is 7.35. The molecular weight excluding hydrogens is 398 g/mol. The molecule has 0 aliphatic rings. The first kappa shape index (κ1) is 26.1. The lowest BCUT2D eigenvalue weighted by atomic mass is 10.1. The third-order valence-electron chi connectivity index (χ3n) is 3.85. The molecular formula is C22H37N5O4. The van der Waals surface area contributed by atoms with Crippen LogP contribution >= 0.6 is 0 Å². The number of carbonyl (C=O) groups is 2. The van der Waals surface area contributed by atoms with Crippen molar-refractivity contribution in [3.8, 4) is 0 Å². The summed E-state index contributed by atoms with van der Waals surface area (Å²) in [7, 11) is 3.79. The first-order valence-electron chi connectivity index (χ1n) is 10.3. The molecule has 0 aromatic heterocycles. The summed E-state index contributed by atoms with van der Waals surface area (Å²) in [5.74, 6) is 0.0251. The van der Waals surface area contributed by atoms with Crippen molar-refractivity contribution in [1.82, 2.24) is 5.32 Å². The number of nitrogens with zero attached hydrogens (tertiary/aromatic N) is 3. The van der Waals surface area contributed by atoms with Crippen LogP contribution in [0.5, 0.6) is 0 Å². The molecule has 0 atom stereocenters. The monoisotopic (exact) mass is 435 g/mol. The van der Waals surface area contributed by atoms with E-state index in [0.29, 0.717) is 6.54 Å². The highest BCUT2D eigenvalue weighted by molar-refractivity contribution is 6.02. The quantitative estimate of drug-likeness (QED) is 0.534. The number of nitrogens with one attached hydrogen (secondary N) is 1. The van der Waals surface area contributed by atoms with Crippen LogP contribution in [0.25, 0.3) is 0 Å². The fourth-order valence-electron chi connectivity index (χ4n) is 2.83. The van der Waals surface area contributed by atoms with Gasteiger partial charge in [-0.25, -0.2) is 9.59 Å². The molecule has 174 valence electrons. The van der Waals surface area contributed by atoms with Crippen LogP contribution in [0.2, 0.25) is 0 Å². The SMILES string of the molecule is CCN(C(N)=NC(=O)OC(C)(C)C)c1cccc(CNC(=O)OC(C)(C)C)c1N(C)C. The fourth-order valence-corrected chi connectivity index (χ4v) is 2.83. The molecule has 0 aliphatic heterocycles. The van der Waals surface area contributed by atoms with Crippen LogP contribution < -0.4 is 20.9 Å². The number of hydrogen-bond donors (Lipinski definition) is 2. The van der Waals surface area contributed by atoms with E-state index in [1.165, 1.54) is 0 Å². The summed E-state index contributed by atoms with van der Waals surface area (Å²) >= 11 is 0. The van der Waals surface area contributed by atoms with Gasteiger partial charge in [0.1, 0.15) is 11.2 Å². The molecule has 31 heavy (non-hydrogen) atoms. The van der Waals surface area contributed by atoms with Gasteiger partial charge < -0.3 is 30.3 Å². The maximum absolute atomic E-state index is 12.1. The average Bonchev–Trinajstić information content (AvgIpc) is 2.57. The van der Waals surface area contributed by atoms with Crippen molar-refractivity contribution in [2.75, 3.05) is 30.4 Å². The molecule has 0 aliphatic carbocycles. The highest BCUT2D eigenvalue weighted by atomic mass is 16.6. The summed E-state index contributed by atoms with van der Waals surface area (Å²) < 4.78 is 10.6. The number of anilines is 2. The molecule has 0 radical (unpaired) electrons. The molecule has 0 saturated heterocycles. The van der Waals surface area contributed by atoms with E-state index in [1.54, 1.807) is 25.7 Å². The smallest absolute Gasteiger partial charge is 0.437 e. The Morgan fingerprint density at radius 3 is 2.13 bits per heavy atom. The molecule has 0 heterocycles. The van der Waals surface area contributed by atoms with Crippen LogP contribution in [0.3, 0.4) is 0 Å². The zero-order chi connectivity index (χ0) is 24.0. The molecule has 0 spiro atoms. The molecule has 0 saturated carbocycles. The Labute approximate surface area is 185 Å². The number of guanidine groups is 1. The Balaban J connectivity index is 3.21. The number of hydrogen-bond acceptors (Lipinski definition) is 5. The minimum atomic E-state index is -0.752. The van der Waals surface area contributed by atoms with Crippen LogP contribution in [0.15, 0.2) is 23.2 Å². The van der Waals surface area contributed by atoms with E-state index in [-0.39, 0.29) is 12.5 Å². The molecule has 9 nitrogen and oxygen atoms in total. The molecule has 3 N–H and O–H groups in total. The second-order valence-corrected chi connectivity index (χ2v) is 9.23. The summed E-state index contributed by atoms with van der Waals surface area (Å²) in [6.45, 7) is 13.4. The zero-order valence-electron chi connectivity index (χ0n) is 20.2. The van der Waals surface area contributed by atoms with E-state index in [0.717, 1.165) is 16.9 Å². The van der Waals surface area contributed by atoms with Crippen LogP contribution in [0, 0.1) is 0 Å². The van der Waals surface area contributed by atoms with E-state index in [9.17, 15) is 9.59 Å². The van der Waals surface area contributed by atoms with Gasteiger partial charge in [0, 0.05) is 27.2 Å². The number of nitrogens with two attached hydrogens (primary N) is 1. The number of alkyl carbamates (subject to hydrolysis) is 1. The van der Waals surface area contributed by atoms with Gasteiger partial charge in [-0.1, -0.05) is 12.1 Å². The Hall–Kier alpha value is -2.97. The van der Waals surface area contributed by atoms with Gasteiger partial charge in [0.2, 0.25) is 5.96 Å². The fraction of sp³-hybridized carbons (Fsp3) is 0.591. The number of carbonyl (C=O) groups excluding carboxylic acids is 2. The standard InChI is InChI=1S/C22H37N5O4/c1-10-27(18(23)25-20(29)31-22(5,6)7)16-13-11-12-15(17(16)26(8)9)14-24-19(28)30-21(2,3)4/h11-13H,10,14H2,1-9H3,(H,24,28)(H2,23,25,29). The topological polar surface area (TPSA) is 109 Å². The minimum Gasteiger partial charge on any atom is -0.444 e. The third kappa shape index (κ3) is 8.74. The summed E-state index contributed by atoms with van der Waals surface area (Å²) in [4.78, 5) is 31.7. The van der Waals surface area contributed by atoms with Crippen LogP contribution in [0.4, 0.5) is 21.0 Å². The minimum absolute atomic E-state index is 0.0251. The van der Waals surface area contributed by atoms with E-state index in [4.69, 9.17) is 15.2 Å². The van der Waals surface area contributed by atoms with Gasteiger partial charge in [-0.2, -0.15) is 0 Å². The number of ether oxygens (including phenoxy) is 2. The van der Waals surface area contributed by atoms with Gasteiger partial charge in [-0.05, 0) is 60.1 Å². The van der Waals surface area contributed by atoms with E-state index in [1.807, 2.05) is 64.9 Å². The number of aliphatic imine (C=N–C) groups is 1. The maximum Gasteiger partial charge on any atom is 0.437 e. The Bertz CT molecular complexity index is 807. The molecule has 1 rings (SSSR count). The predicted octanol–water partition coefficient (Wildman–Crippen LogP) is 3.85. The Morgan fingerprint density at radius 1 is 1.06 bits per heavy atom. The lowest BCUT2D eigenvalue weighted by Crippen LogP contribution is -2.39. The van der Waals surface area contributed by atoms with E-state index in [2.05, 4.69) is 10.3 Å². The van der Waals surface area contributed by atoms with Crippen molar-refractivity contribution < 1.29 is 19.1 Å². The molecule has 0 unspecified atom stereocenters. The Kier molecular flexibility index (Phi) is 8.72. The summed E-state index contributed by atoms with van der Waals surface area (Å²) in [5, 5.41) is 2.78. The average molecular weight is 436 g/mol. The number of rotatable bonds is 5. The number of para-hydroxylation sites is 1. The number of benzene rings is 1. The highest BCUT2D eigenvalue weighted by Crippen LogP contribution is 2.32. The van der Waals surface area contributed by atoms with Gasteiger partial charge in [0.15, 0.2) is 0 Å². The van der Waals surface area contributed by atoms with Crippen LogP contribution in [-0.2, 0) is 16.0 Å². The lowest BCUT2D eigenvalue weighted by Gasteiger charge is -2.29. The third-order valence-corrected chi connectivity index (χ3v) is 3.85. The maximum atomic E-state index is 12.1. The molecule has 2 amide bonds. The first-order valence-corrected chi connectivity index (χ1v) is 10.3. The number of amides is 2. The Morgan fingerprint density at radius 2 is 1.65 bits per heavy atom. The molecule has 9 heteroatoms. The van der Waals surface area contributed by atoms with Gasteiger partial charge >= 0.3 is 12.2 Å². The lowest BCUT2D eigenvalue weighted by molar-refractivity contribution is 0.0522. The van der Waals surface area contributed by atoms with E-state index < -0.39 is 23.4 Å². The molecule has 0 bridgehead atoms. The first-order chi connectivity index (χ1) is 14.1. The van der Waals surface area contributed by atoms with Crippen molar-refractivity contribution in [2.24, 2.45) is 10.7 Å².